The van der Waals surface area contributed by atoms with Crippen molar-refractivity contribution in [3.05, 3.63) is 60.7 Å². The Labute approximate surface area is 155 Å². The van der Waals surface area contributed by atoms with E-state index in [1.807, 2.05) is 60.7 Å². The van der Waals surface area contributed by atoms with Gasteiger partial charge in [0.15, 0.2) is 0 Å². The molecule has 0 heterocycles. The Kier molecular flexibility index (Phi) is 6.76. The molecule has 6 heteroatoms. The molecule has 0 aromatic heterocycles. The molecule has 2 aromatic carbocycles. The van der Waals surface area contributed by atoms with Crippen molar-refractivity contribution in [3.8, 4) is 0 Å². The first-order valence-corrected chi connectivity index (χ1v) is 9.89. The van der Waals surface area contributed by atoms with Crippen molar-refractivity contribution in [1.29, 1.82) is 0 Å². The summed E-state index contributed by atoms with van der Waals surface area (Å²) in [6.45, 7) is 5.22. The third kappa shape index (κ3) is 6.16. The Morgan fingerprint density at radius 1 is 1.00 bits per heavy atom. The van der Waals surface area contributed by atoms with Crippen LogP contribution >= 0.6 is 7.92 Å². The van der Waals surface area contributed by atoms with E-state index >= 15 is 0 Å². The largest absolute Gasteiger partial charge is 0.480 e. The van der Waals surface area contributed by atoms with Gasteiger partial charge >= 0.3 is 12.1 Å². The van der Waals surface area contributed by atoms with E-state index in [1.165, 1.54) is 0 Å². The van der Waals surface area contributed by atoms with Crippen LogP contribution in [-0.2, 0) is 9.53 Å². The molecule has 26 heavy (non-hydrogen) atoms. The fraction of sp³-hybridized carbons (Fsp3) is 0.300. The summed E-state index contributed by atoms with van der Waals surface area (Å²) < 4.78 is 5.21. The first-order chi connectivity index (χ1) is 12.3. The summed E-state index contributed by atoms with van der Waals surface area (Å²) in [4.78, 5) is 23.8. The third-order valence-electron chi connectivity index (χ3n) is 3.49. The molecule has 0 saturated heterocycles. The summed E-state index contributed by atoms with van der Waals surface area (Å²) in [5.74, 6) is -1.07. The number of ether oxygens (including phenoxy) is 1. The fourth-order valence-corrected chi connectivity index (χ4v) is 4.79. The monoisotopic (exact) mass is 373 g/mol. The predicted molar refractivity (Wildman–Crippen MR) is 105 cm³/mol. The van der Waals surface area contributed by atoms with Crippen LogP contribution in [0.2, 0.25) is 0 Å². The van der Waals surface area contributed by atoms with Crippen molar-refractivity contribution < 1.29 is 19.4 Å². The molecule has 0 saturated carbocycles. The summed E-state index contributed by atoms with van der Waals surface area (Å²) in [7, 11) is -0.938. The number of carboxylic acids is 1. The zero-order valence-electron chi connectivity index (χ0n) is 15.2. The van der Waals surface area contributed by atoms with E-state index in [4.69, 9.17) is 4.74 Å². The molecule has 0 aliphatic heterocycles. The summed E-state index contributed by atoms with van der Waals surface area (Å²) >= 11 is 0. The molecule has 5 nitrogen and oxygen atoms in total. The van der Waals surface area contributed by atoms with E-state index in [0.717, 1.165) is 10.6 Å². The lowest BCUT2D eigenvalue weighted by molar-refractivity contribution is -0.138. The second-order valence-corrected chi connectivity index (χ2v) is 9.07. The zero-order chi connectivity index (χ0) is 19.2. The molecule has 0 bridgehead atoms. The Balaban J connectivity index is 2.24. The van der Waals surface area contributed by atoms with Gasteiger partial charge in [-0.15, -0.1) is 0 Å². The number of hydrogen-bond acceptors (Lipinski definition) is 3. The lowest BCUT2D eigenvalue weighted by Crippen LogP contribution is -2.46. The van der Waals surface area contributed by atoms with Gasteiger partial charge in [-0.05, 0) is 39.3 Å². The Morgan fingerprint density at radius 3 is 1.85 bits per heavy atom. The molecule has 0 aliphatic carbocycles. The van der Waals surface area contributed by atoms with Crippen molar-refractivity contribution in [2.45, 2.75) is 32.4 Å². The van der Waals surface area contributed by atoms with Crippen LogP contribution in [0.5, 0.6) is 0 Å². The van der Waals surface area contributed by atoms with Gasteiger partial charge in [-0.2, -0.15) is 0 Å². The first kappa shape index (κ1) is 19.9. The summed E-state index contributed by atoms with van der Waals surface area (Å²) in [6, 6.07) is 18.5. The number of carbonyl (C=O) groups is 2. The Bertz CT molecular complexity index is 689. The van der Waals surface area contributed by atoms with E-state index in [-0.39, 0.29) is 6.16 Å². The molecule has 0 fully saturated rings. The van der Waals surface area contributed by atoms with Crippen molar-refractivity contribution in [1.82, 2.24) is 5.32 Å². The normalized spacial score (nSPS) is 12.5. The fourth-order valence-electron chi connectivity index (χ4n) is 2.39. The average Bonchev–Trinajstić information content (AvgIpc) is 2.58. The van der Waals surface area contributed by atoms with Gasteiger partial charge in [0.2, 0.25) is 0 Å². The highest BCUT2D eigenvalue weighted by Gasteiger charge is 2.28. The maximum atomic E-state index is 12.0. The number of nitrogens with one attached hydrogen (secondary N) is 1. The van der Waals surface area contributed by atoms with Gasteiger partial charge in [0.1, 0.15) is 11.6 Å². The summed E-state index contributed by atoms with van der Waals surface area (Å²) in [6.07, 6.45) is -0.432. The van der Waals surface area contributed by atoms with E-state index in [0.29, 0.717) is 0 Å². The molecule has 138 valence electrons. The second-order valence-electron chi connectivity index (χ2n) is 6.82. The summed E-state index contributed by atoms with van der Waals surface area (Å²) in [5.41, 5.74) is -0.684. The number of benzene rings is 2. The number of alkyl carbamates (subject to hydrolysis) is 1. The highest BCUT2D eigenvalue weighted by molar-refractivity contribution is 7.73. The van der Waals surface area contributed by atoms with Gasteiger partial charge in [0, 0.05) is 6.16 Å². The number of carbonyl (C=O) groups excluding carboxylic acids is 1. The van der Waals surface area contributed by atoms with Gasteiger partial charge in [-0.3, -0.25) is 0 Å². The minimum atomic E-state index is -1.07. The molecule has 1 atom stereocenters. The smallest absolute Gasteiger partial charge is 0.408 e. The van der Waals surface area contributed by atoms with Crippen molar-refractivity contribution in [2.24, 2.45) is 0 Å². The van der Waals surface area contributed by atoms with Gasteiger partial charge in [-0.25, -0.2) is 9.59 Å². The third-order valence-corrected chi connectivity index (χ3v) is 6.06. The van der Waals surface area contributed by atoms with Crippen LogP contribution in [0.1, 0.15) is 20.8 Å². The minimum absolute atomic E-state index is 0.290. The van der Waals surface area contributed by atoms with E-state index in [1.54, 1.807) is 20.8 Å². The van der Waals surface area contributed by atoms with Crippen molar-refractivity contribution in [3.63, 3.8) is 0 Å². The topological polar surface area (TPSA) is 75.6 Å². The number of amides is 1. The number of hydrogen-bond donors (Lipinski definition) is 2. The highest BCUT2D eigenvalue weighted by Crippen LogP contribution is 2.34. The van der Waals surface area contributed by atoms with Crippen molar-refractivity contribution in [2.75, 3.05) is 6.16 Å². The molecular weight excluding hydrogens is 349 g/mol. The maximum absolute atomic E-state index is 12.0. The second kappa shape index (κ2) is 8.81. The van der Waals surface area contributed by atoms with Gasteiger partial charge in [0.25, 0.3) is 0 Å². The van der Waals surface area contributed by atoms with Crippen LogP contribution in [0, 0.1) is 0 Å². The predicted octanol–water partition coefficient (Wildman–Crippen LogP) is 3.10. The molecule has 0 radical (unpaired) electrons. The Hall–Kier alpha value is -2.39. The SMILES string of the molecule is CC(C)(C)OC(=O)N[C@@H](CP(c1ccccc1)c1ccccc1)C(=O)O. The highest BCUT2D eigenvalue weighted by atomic mass is 31.1. The lowest BCUT2D eigenvalue weighted by Gasteiger charge is -2.25. The number of rotatable bonds is 6. The van der Waals surface area contributed by atoms with Crippen LogP contribution in [-0.4, -0.2) is 35.0 Å². The van der Waals surface area contributed by atoms with Crippen LogP contribution in [0.3, 0.4) is 0 Å². The first-order valence-electron chi connectivity index (χ1n) is 8.36. The molecular formula is C20H24NO4P. The van der Waals surface area contributed by atoms with Crippen molar-refractivity contribution >= 4 is 30.6 Å². The molecule has 0 unspecified atom stereocenters. The molecule has 2 rings (SSSR count). The average molecular weight is 373 g/mol. The van der Waals surface area contributed by atoms with Gasteiger partial charge in [-0.1, -0.05) is 60.7 Å². The minimum Gasteiger partial charge on any atom is -0.480 e. The molecule has 2 N–H and O–H groups in total. The van der Waals surface area contributed by atoms with E-state index in [2.05, 4.69) is 5.32 Å². The summed E-state index contributed by atoms with van der Waals surface area (Å²) in [5, 5.41) is 14.2. The van der Waals surface area contributed by atoms with Crippen LogP contribution < -0.4 is 15.9 Å². The van der Waals surface area contributed by atoms with Crippen LogP contribution in [0.25, 0.3) is 0 Å². The quantitative estimate of drug-likeness (QED) is 0.763. The van der Waals surface area contributed by atoms with Gasteiger partial charge in [0.05, 0.1) is 0 Å². The maximum Gasteiger partial charge on any atom is 0.408 e. The van der Waals surface area contributed by atoms with Crippen LogP contribution in [0.15, 0.2) is 60.7 Å². The van der Waals surface area contributed by atoms with Gasteiger partial charge < -0.3 is 15.2 Å². The number of carboxylic acid groups (broad SMARTS) is 1. The Morgan fingerprint density at radius 2 is 1.46 bits per heavy atom. The van der Waals surface area contributed by atoms with E-state index in [9.17, 15) is 14.7 Å². The molecule has 0 spiro atoms. The zero-order valence-corrected chi connectivity index (χ0v) is 16.1. The lowest BCUT2D eigenvalue weighted by atomic mass is 10.2. The molecule has 1 amide bonds. The standard InChI is InChI=1S/C20H24NO4P/c1-20(2,3)25-19(24)21-17(18(22)23)14-26(15-10-6-4-7-11-15)16-12-8-5-9-13-16/h4-13,17H,14H2,1-3H3,(H,21,24)(H,22,23)/t17-/m0/s1. The van der Waals surface area contributed by atoms with E-state index < -0.39 is 31.6 Å². The van der Waals surface area contributed by atoms with Crippen LogP contribution in [0.4, 0.5) is 4.79 Å². The molecule has 2 aromatic rings. The number of aliphatic carboxylic acids is 1. The molecule has 0 aliphatic rings.